The molecule has 0 fully saturated rings. The maximum atomic E-state index is 13.6. The summed E-state index contributed by atoms with van der Waals surface area (Å²) in [5, 5.41) is 2.22. The van der Waals surface area contributed by atoms with E-state index in [4.69, 9.17) is 16.3 Å². The van der Waals surface area contributed by atoms with Crippen LogP contribution in [0.5, 0.6) is 5.88 Å². The number of rotatable bonds is 7. The van der Waals surface area contributed by atoms with Gasteiger partial charge in [-0.2, -0.15) is 0 Å². The van der Waals surface area contributed by atoms with Crippen LogP contribution >= 0.6 is 11.6 Å². The summed E-state index contributed by atoms with van der Waals surface area (Å²) in [5.74, 6) is -1.89. The monoisotopic (exact) mass is 421 g/mol. The normalized spacial score (nSPS) is 12.0. The van der Waals surface area contributed by atoms with Crippen LogP contribution < -0.4 is 15.6 Å². The molecule has 0 spiro atoms. The molecule has 1 aromatic carbocycles. The van der Waals surface area contributed by atoms with Crippen LogP contribution in [0, 0.1) is 11.6 Å². The van der Waals surface area contributed by atoms with Gasteiger partial charge in [-0.3, -0.25) is 14.2 Å². The van der Waals surface area contributed by atoms with Crippen molar-refractivity contribution in [2.24, 2.45) is 0 Å². The minimum Gasteiger partial charge on any atom is -0.471 e. The molecule has 0 atom stereocenters. The van der Waals surface area contributed by atoms with E-state index in [0.29, 0.717) is 5.57 Å². The first-order valence-electron chi connectivity index (χ1n) is 8.44. The summed E-state index contributed by atoms with van der Waals surface area (Å²) in [6.07, 6.45) is 8.91. The van der Waals surface area contributed by atoms with Gasteiger partial charge in [0.2, 0.25) is 5.88 Å². The van der Waals surface area contributed by atoms with Crippen LogP contribution in [0.15, 0.2) is 59.2 Å². The highest BCUT2D eigenvalue weighted by molar-refractivity contribution is 6.31. The summed E-state index contributed by atoms with van der Waals surface area (Å²) in [7, 11) is 1.52. The number of carbonyl (C=O) groups is 1. The van der Waals surface area contributed by atoms with Crippen molar-refractivity contribution in [3.63, 3.8) is 0 Å². The van der Waals surface area contributed by atoms with E-state index in [1.807, 2.05) is 0 Å². The lowest BCUT2D eigenvalue weighted by Crippen LogP contribution is -2.18. The van der Waals surface area contributed by atoms with Crippen LogP contribution in [0.4, 0.5) is 8.78 Å². The second-order valence-corrected chi connectivity index (χ2v) is 6.00. The highest BCUT2D eigenvalue weighted by Gasteiger charge is 2.12. The fraction of sp³-hybridized carbons (Fsp3) is 0.150. The van der Waals surface area contributed by atoms with E-state index in [2.05, 4.69) is 10.3 Å². The van der Waals surface area contributed by atoms with Crippen LogP contribution in [-0.2, 0) is 11.4 Å². The Morgan fingerprint density at radius 1 is 1.34 bits per heavy atom. The third-order valence-electron chi connectivity index (χ3n) is 3.72. The number of aromatic nitrogens is 2. The Morgan fingerprint density at radius 2 is 2.10 bits per heavy atom. The van der Waals surface area contributed by atoms with Gasteiger partial charge in [0.05, 0.1) is 0 Å². The quantitative estimate of drug-likeness (QED) is 0.548. The van der Waals surface area contributed by atoms with E-state index < -0.39 is 17.2 Å². The van der Waals surface area contributed by atoms with E-state index >= 15 is 0 Å². The molecule has 1 aromatic heterocycles. The summed E-state index contributed by atoms with van der Waals surface area (Å²) in [4.78, 5) is 27.8. The molecule has 152 valence electrons. The molecule has 0 aliphatic carbocycles. The summed E-state index contributed by atoms with van der Waals surface area (Å²) in [6.45, 7) is 1.45. The Labute approximate surface area is 170 Å². The lowest BCUT2D eigenvalue weighted by atomic mass is 10.2. The number of carbonyl (C=O) groups excluding carboxylic acids is 1. The molecule has 0 bridgehead atoms. The van der Waals surface area contributed by atoms with Crippen molar-refractivity contribution in [1.29, 1.82) is 0 Å². The van der Waals surface area contributed by atoms with Gasteiger partial charge in [0.1, 0.15) is 24.6 Å². The number of nitrogens with one attached hydrogen (secondary N) is 1. The van der Waals surface area contributed by atoms with E-state index in [-0.39, 0.29) is 29.0 Å². The molecule has 0 saturated heterocycles. The number of nitrogens with zero attached hydrogens (tertiary/aromatic N) is 2. The fourth-order valence-electron chi connectivity index (χ4n) is 2.17. The first kappa shape index (κ1) is 22.0. The zero-order chi connectivity index (χ0) is 21.4. The molecule has 6 nitrogen and oxygen atoms in total. The van der Waals surface area contributed by atoms with Crippen molar-refractivity contribution in [2.45, 2.75) is 13.5 Å². The molecule has 0 unspecified atom stereocenters. The molecule has 1 amide bonds. The van der Waals surface area contributed by atoms with Gasteiger partial charge in [0, 0.05) is 30.5 Å². The van der Waals surface area contributed by atoms with Crippen molar-refractivity contribution in [3.05, 3.63) is 87.0 Å². The minimum atomic E-state index is -0.776. The summed E-state index contributed by atoms with van der Waals surface area (Å²) in [6, 6.07) is 3.05. The molecule has 1 N–H and O–H groups in total. The predicted octanol–water partition coefficient (Wildman–Crippen LogP) is 3.47. The fourth-order valence-corrected chi connectivity index (χ4v) is 2.37. The lowest BCUT2D eigenvalue weighted by molar-refractivity contribution is -0.116. The Bertz CT molecular complexity index is 1050. The zero-order valence-corrected chi connectivity index (χ0v) is 16.4. The largest absolute Gasteiger partial charge is 0.471 e. The van der Waals surface area contributed by atoms with Crippen LogP contribution in [0.3, 0.4) is 0 Å². The van der Waals surface area contributed by atoms with Gasteiger partial charge in [0.15, 0.2) is 5.02 Å². The topological polar surface area (TPSA) is 73.2 Å². The molecule has 2 rings (SSSR count). The summed E-state index contributed by atoms with van der Waals surface area (Å²) in [5.41, 5.74) is -0.0507. The Kier molecular flexibility index (Phi) is 7.85. The first-order chi connectivity index (χ1) is 13.9. The average molecular weight is 422 g/mol. The predicted molar refractivity (Wildman–Crippen MR) is 106 cm³/mol. The number of allylic oxidation sites excluding steroid dienone is 3. The number of benzene rings is 1. The highest BCUT2D eigenvalue weighted by Crippen LogP contribution is 2.19. The van der Waals surface area contributed by atoms with Gasteiger partial charge >= 0.3 is 0 Å². The van der Waals surface area contributed by atoms with Crippen molar-refractivity contribution < 1.29 is 18.3 Å². The highest BCUT2D eigenvalue weighted by atomic mass is 35.5. The van der Waals surface area contributed by atoms with Crippen LogP contribution in [0.2, 0.25) is 5.02 Å². The van der Waals surface area contributed by atoms with Crippen LogP contribution in [-0.4, -0.2) is 22.5 Å². The van der Waals surface area contributed by atoms with Gasteiger partial charge in [0.25, 0.3) is 11.5 Å². The Balaban J connectivity index is 2.11. The number of hydrogen-bond acceptors (Lipinski definition) is 4. The molecule has 0 saturated carbocycles. The van der Waals surface area contributed by atoms with E-state index in [9.17, 15) is 18.4 Å². The maximum absolute atomic E-state index is 13.6. The molecule has 2 aromatic rings. The van der Waals surface area contributed by atoms with Crippen molar-refractivity contribution in [2.75, 3.05) is 7.05 Å². The van der Waals surface area contributed by atoms with Gasteiger partial charge < -0.3 is 10.1 Å². The molecule has 1 heterocycles. The van der Waals surface area contributed by atoms with Crippen LogP contribution in [0.25, 0.3) is 6.20 Å². The van der Waals surface area contributed by atoms with E-state index in [0.717, 1.165) is 16.7 Å². The lowest BCUT2D eigenvalue weighted by Gasteiger charge is -2.08. The Hall–Kier alpha value is -3.26. The average Bonchev–Trinajstić information content (AvgIpc) is 2.71. The molecule has 29 heavy (non-hydrogen) atoms. The second kappa shape index (κ2) is 10.3. The second-order valence-electron chi connectivity index (χ2n) is 5.62. The molecule has 0 aliphatic heterocycles. The molecular weight excluding hydrogens is 404 g/mol. The van der Waals surface area contributed by atoms with Gasteiger partial charge in [-0.15, -0.1) is 0 Å². The van der Waals surface area contributed by atoms with Gasteiger partial charge in [-0.05, 0) is 31.2 Å². The van der Waals surface area contributed by atoms with Crippen LogP contribution in [0.1, 0.15) is 12.5 Å². The number of amides is 1. The molecule has 9 heteroatoms. The van der Waals surface area contributed by atoms with E-state index in [1.165, 1.54) is 31.7 Å². The standard InChI is InChI=1S/C20H18ClF2N3O3/c1-3-13(18(27)24-2)6-4-5-9-26-12-25-19(17(21)20(26)28)29-11-14-7-8-15(22)10-16(14)23/h3-10,12H,11H2,1-2H3,(H,24,27)/b6-4-,9-5+,13-3+. The minimum absolute atomic E-state index is 0.0920. The smallest absolute Gasteiger partial charge is 0.280 e. The van der Waals surface area contributed by atoms with Crippen molar-refractivity contribution in [3.8, 4) is 5.88 Å². The SMILES string of the molecule is C\C=C(/C=C\C=C\n1cnc(OCc2ccc(F)cc2F)c(Cl)c1=O)C(=O)NC. The maximum Gasteiger partial charge on any atom is 0.280 e. The number of ether oxygens (including phenoxy) is 1. The third kappa shape index (κ3) is 5.86. The summed E-state index contributed by atoms with van der Waals surface area (Å²) >= 11 is 5.99. The molecule has 0 radical (unpaired) electrons. The van der Waals surface area contributed by atoms with Crippen molar-refractivity contribution >= 4 is 23.7 Å². The number of halogens is 3. The Morgan fingerprint density at radius 3 is 2.76 bits per heavy atom. The first-order valence-corrected chi connectivity index (χ1v) is 8.81. The summed E-state index contributed by atoms with van der Waals surface area (Å²) < 4.78 is 33.0. The third-order valence-corrected chi connectivity index (χ3v) is 4.05. The zero-order valence-electron chi connectivity index (χ0n) is 15.7. The van der Waals surface area contributed by atoms with Crippen molar-refractivity contribution in [1.82, 2.24) is 14.9 Å². The van der Waals surface area contributed by atoms with Gasteiger partial charge in [-0.1, -0.05) is 23.8 Å². The van der Waals surface area contributed by atoms with E-state index in [1.54, 1.807) is 25.2 Å². The number of likely N-dealkylation sites (N-methyl/N-ethyl adjacent to an activating group) is 1. The molecular formula is C20H18ClF2N3O3. The van der Waals surface area contributed by atoms with Gasteiger partial charge in [-0.25, -0.2) is 13.8 Å². The molecule has 0 aliphatic rings. The number of hydrogen-bond donors (Lipinski definition) is 1.